The molecule has 0 bridgehead atoms. The number of rotatable bonds is 4. The topological polar surface area (TPSA) is 32.3 Å². The Morgan fingerprint density at radius 2 is 1.88 bits per heavy atom. The summed E-state index contributed by atoms with van der Waals surface area (Å²) < 4.78 is 0. The van der Waals surface area contributed by atoms with Crippen molar-refractivity contribution < 1.29 is 4.79 Å². The Kier molecular flexibility index (Phi) is 5.16. The van der Waals surface area contributed by atoms with Gasteiger partial charge in [-0.15, -0.1) is 11.8 Å². The zero-order chi connectivity index (χ0) is 12.1. The van der Waals surface area contributed by atoms with Crippen LogP contribution in [0.5, 0.6) is 0 Å². The number of piperidine rings is 1. The fourth-order valence-corrected chi connectivity index (χ4v) is 3.90. The molecule has 0 aromatic rings. The van der Waals surface area contributed by atoms with Crippen LogP contribution in [-0.4, -0.2) is 48.0 Å². The molecule has 1 amide bonds. The normalized spacial score (nSPS) is 22.9. The first-order chi connectivity index (χ1) is 8.27. The largest absolute Gasteiger partial charge is 0.342 e. The number of nitrogens with one attached hydrogen (secondary N) is 1. The molecule has 1 N–H and O–H groups in total. The number of hydrogen-bond donors (Lipinski definition) is 1. The second-order valence-electron chi connectivity index (χ2n) is 5.20. The number of amides is 1. The van der Waals surface area contributed by atoms with Crippen LogP contribution in [0.4, 0.5) is 0 Å². The predicted molar refractivity (Wildman–Crippen MR) is 73.4 cm³/mol. The lowest BCUT2D eigenvalue weighted by atomic mass is 10.2. The minimum atomic E-state index is 0.334. The standard InChI is InChI=1S/C13H24N2OS/c1-15(11-4-2-3-5-11)13(16)10-17-12-6-8-14-9-7-12/h11-12,14H,2-10H2,1H3. The van der Waals surface area contributed by atoms with Crippen LogP contribution in [0.3, 0.4) is 0 Å². The van der Waals surface area contributed by atoms with Gasteiger partial charge >= 0.3 is 0 Å². The summed E-state index contributed by atoms with van der Waals surface area (Å²) in [6.07, 6.45) is 7.43. The summed E-state index contributed by atoms with van der Waals surface area (Å²) in [4.78, 5) is 14.1. The molecule has 4 heteroatoms. The molecule has 2 aliphatic rings. The van der Waals surface area contributed by atoms with Crippen molar-refractivity contribution in [2.45, 2.75) is 49.8 Å². The van der Waals surface area contributed by atoms with Gasteiger partial charge in [-0.3, -0.25) is 4.79 Å². The van der Waals surface area contributed by atoms with Crippen LogP contribution in [0.2, 0.25) is 0 Å². The third-order valence-electron chi connectivity index (χ3n) is 3.99. The van der Waals surface area contributed by atoms with Gasteiger partial charge < -0.3 is 10.2 Å². The van der Waals surface area contributed by atoms with E-state index in [9.17, 15) is 4.79 Å². The van der Waals surface area contributed by atoms with Crippen molar-refractivity contribution in [3.8, 4) is 0 Å². The van der Waals surface area contributed by atoms with Crippen LogP contribution in [0, 0.1) is 0 Å². The molecule has 0 unspecified atom stereocenters. The van der Waals surface area contributed by atoms with Crippen LogP contribution in [0.25, 0.3) is 0 Å². The molecule has 0 radical (unpaired) electrons. The Morgan fingerprint density at radius 1 is 1.24 bits per heavy atom. The predicted octanol–water partition coefficient (Wildman–Crippen LogP) is 1.87. The molecule has 2 rings (SSSR count). The first kappa shape index (κ1) is 13.2. The summed E-state index contributed by atoms with van der Waals surface area (Å²) >= 11 is 1.86. The van der Waals surface area contributed by atoms with E-state index >= 15 is 0 Å². The highest BCUT2D eigenvalue weighted by Crippen LogP contribution is 2.24. The van der Waals surface area contributed by atoms with Gasteiger partial charge in [0.2, 0.25) is 5.91 Å². The smallest absolute Gasteiger partial charge is 0.232 e. The van der Waals surface area contributed by atoms with E-state index in [1.54, 1.807) is 0 Å². The van der Waals surface area contributed by atoms with Crippen molar-refractivity contribution in [1.82, 2.24) is 10.2 Å². The molecule has 3 nitrogen and oxygen atoms in total. The average molecular weight is 256 g/mol. The lowest BCUT2D eigenvalue weighted by Gasteiger charge is -2.26. The molecule has 1 heterocycles. The Labute approximate surface area is 109 Å². The number of carbonyl (C=O) groups excluding carboxylic acids is 1. The number of carbonyl (C=O) groups is 1. The van der Waals surface area contributed by atoms with E-state index in [1.165, 1.54) is 38.5 Å². The first-order valence-corrected chi connectivity index (χ1v) is 7.90. The Bertz CT molecular complexity index is 248. The molecule has 17 heavy (non-hydrogen) atoms. The molecule has 2 fully saturated rings. The SMILES string of the molecule is CN(C(=O)CSC1CCNCC1)C1CCCC1. The minimum Gasteiger partial charge on any atom is -0.342 e. The summed E-state index contributed by atoms with van der Waals surface area (Å²) in [5.74, 6) is 1.01. The van der Waals surface area contributed by atoms with Gasteiger partial charge in [-0.25, -0.2) is 0 Å². The second kappa shape index (κ2) is 6.64. The fraction of sp³-hybridized carbons (Fsp3) is 0.923. The molecule has 0 atom stereocenters. The van der Waals surface area contributed by atoms with Crippen molar-refractivity contribution in [2.75, 3.05) is 25.9 Å². The van der Waals surface area contributed by atoms with Gasteiger partial charge in [0, 0.05) is 18.3 Å². The van der Waals surface area contributed by atoms with E-state index in [0.29, 0.717) is 23.0 Å². The maximum absolute atomic E-state index is 12.1. The highest BCUT2D eigenvalue weighted by Gasteiger charge is 2.24. The third kappa shape index (κ3) is 3.88. The third-order valence-corrected chi connectivity index (χ3v) is 5.35. The van der Waals surface area contributed by atoms with Crippen LogP contribution >= 0.6 is 11.8 Å². The minimum absolute atomic E-state index is 0.334. The molecule has 0 spiro atoms. The van der Waals surface area contributed by atoms with Gasteiger partial charge in [0.15, 0.2) is 0 Å². The van der Waals surface area contributed by atoms with Crippen molar-refractivity contribution in [2.24, 2.45) is 0 Å². The number of thioether (sulfide) groups is 1. The summed E-state index contributed by atoms with van der Waals surface area (Å²) in [7, 11) is 1.99. The molecular formula is C13H24N2OS. The molecule has 1 saturated carbocycles. The second-order valence-corrected chi connectivity index (χ2v) is 6.49. The Hall–Kier alpha value is -0.220. The van der Waals surface area contributed by atoms with Gasteiger partial charge in [0.1, 0.15) is 0 Å². The summed E-state index contributed by atoms with van der Waals surface area (Å²) in [6, 6.07) is 0.524. The lowest BCUT2D eigenvalue weighted by molar-refractivity contribution is -0.129. The van der Waals surface area contributed by atoms with E-state index in [0.717, 1.165) is 13.1 Å². The first-order valence-electron chi connectivity index (χ1n) is 6.85. The molecular weight excluding hydrogens is 232 g/mol. The van der Waals surface area contributed by atoms with E-state index in [1.807, 2.05) is 23.7 Å². The Morgan fingerprint density at radius 3 is 2.53 bits per heavy atom. The maximum atomic E-state index is 12.1. The lowest BCUT2D eigenvalue weighted by Crippen LogP contribution is -2.37. The van der Waals surface area contributed by atoms with Gasteiger partial charge in [-0.2, -0.15) is 0 Å². The summed E-state index contributed by atoms with van der Waals surface area (Å²) in [5, 5.41) is 4.05. The number of nitrogens with zero attached hydrogens (tertiary/aromatic N) is 1. The van der Waals surface area contributed by atoms with E-state index in [4.69, 9.17) is 0 Å². The zero-order valence-electron chi connectivity index (χ0n) is 10.8. The monoisotopic (exact) mass is 256 g/mol. The van der Waals surface area contributed by atoms with Crippen molar-refractivity contribution >= 4 is 17.7 Å². The van der Waals surface area contributed by atoms with E-state index < -0.39 is 0 Å². The van der Waals surface area contributed by atoms with Crippen LogP contribution in [0.1, 0.15) is 38.5 Å². The molecule has 98 valence electrons. The molecule has 1 aliphatic carbocycles. The van der Waals surface area contributed by atoms with Gasteiger partial charge in [-0.1, -0.05) is 12.8 Å². The molecule has 0 aromatic heterocycles. The highest BCUT2D eigenvalue weighted by atomic mass is 32.2. The van der Waals surface area contributed by atoms with E-state index in [2.05, 4.69) is 5.32 Å². The fourth-order valence-electron chi connectivity index (χ4n) is 2.75. The van der Waals surface area contributed by atoms with Crippen LogP contribution in [0.15, 0.2) is 0 Å². The van der Waals surface area contributed by atoms with Gasteiger partial charge in [0.05, 0.1) is 5.75 Å². The van der Waals surface area contributed by atoms with Gasteiger partial charge in [-0.05, 0) is 38.8 Å². The zero-order valence-corrected chi connectivity index (χ0v) is 11.6. The van der Waals surface area contributed by atoms with Crippen LogP contribution < -0.4 is 5.32 Å². The summed E-state index contributed by atoms with van der Waals surface area (Å²) in [5.41, 5.74) is 0. The summed E-state index contributed by atoms with van der Waals surface area (Å²) in [6.45, 7) is 2.23. The van der Waals surface area contributed by atoms with Crippen molar-refractivity contribution in [3.63, 3.8) is 0 Å². The molecule has 1 saturated heterocycles. The number of hydrogen-bond acceptors (Lipinski definition) is 3. The molecule has 1 aliphatic heterocycles. The van der Waals surface area contributed by atoms with E-state index in [-0.39, 0.29) is 0 Å². The molecule has 0 aromatic carbocycles. The Balaban J connectivity index is 1.68. The quantitative estimate of drug-likeness (QED) is 0.833. The highest BCUT2D eigenvalue weighted by molar-refractivity contribution is 8.00. The van der Waals surface area contributed by atoms with Crippen molar-refractivity contribution in [1.29, 1.82) is 0 Å². The average Bonchev–Trinajstić information content (AvgIpc) is 2.90. The van der Waals surface area contributed by atoms with Gasteiger partial charge in [0.25, 0.3) is 0 Å². The van der Waals surface area contributed by atoms with Crippen LogP contribution in [-0.2, 0) is 4.79 Å². The van der Waals surface area contributed by atoms with Crippen molar-refractivity contribution in [3.05, 3.63) is 0 Å². The maximum Gasteiger partial charge on any atom is 0.232 e.